The highest BCUT2D eigenvalue weighted by atomic mass is 35.5. The first-order valence-corrected chi connectivity index (χ1v) is 6.82. The number of nitrogens with zero attached hydrogens (tertiary/aromatic N) is 1. The van der Waals surface area contributed by atoms with Crippen LogP contribution in [0.15, 0.2) is 48.5 Å². The van der Waals surface area contributed by atoms with Crippen molar-refractivity contribution in [2.75, 3.05) is 12.1 Å². The van der Waals surface area contributed by atoms with Crippen LogP contribution in [0.25, 0.3) is 0 Å². The molecule has 0 aliphatic carbocycles. The van der Waals surface area contributed by atoms with E-state index in [0.29, 0.717) is 5.69 Å². The molecule has 0 aliphatic rings. The van der Waals surface area contributed by atoms with Crippen molar-refractivity contribution in [2.24, 2.45) is 0 Å². The van der Waals surface area contributed by atoms with E-state index in [-0.39, 0.29) is 10.8 Å². The molecular weight excluding hydrogens is 333 g/mol. The zero-order chi connectivity index (χ0) is 17.0. The third kappa shape index (κ3) is 4.07. The van der Waals surface area contributed by atoms with E-state index in [1.807, 2.05) is 0 Å². The quantitative estimate of drug-likeness (QED) is 0.833. The fraction of sp³-hybridized carbons (Fsp3) is 0.133. The van der Waals surface area contributed by atoms with Crippen LogP contribution in [0.3, 0.4) is 0 Å². The van der Waals surface area contributed by atoms with E-state index in [1.54, 1.807) is 30.3 Å². The molecule has 23 heavy (non-hydrogen) atoms. The van der Waals surface area contributed by atoms with Gasteiger partial charge in [0, 0.05) is 7.05 Å². The number of anilines is 1. The third-order valence-electron chi connectivity index (χ3n) is 2.84. The van der Waals surface area contributed by atoms with Gasteiger partial charge < -0.3 is 10.2 Å². The van der Waals surface area contributed by atoms with Crippen molar-refractivity contribution < 1.29 is 22.8 Å². The maximum atomic E-state index is 12.6. The van der Waals surface area contributed by atoms with Gasteiger partial charge in [0.1, 0.15) is 0 Å². The molecule has 2 aromatic rings. The van der Waals surface area contributed by atoms with Crippen molar-refractivity contribution in [3.05, 3.63) is 59.1 Å². The van der Waals surface area contributed by atoms with Gasteiger partial charge in [-0.1, -0.05) is 29.8 Å². The van der Waals surface area contributed by atoms with Crippen molar-refractivity contribution in [1.82, 2.24) is 5.32 Å². The summed E-state index contributed by atoms with van der Waals surface area (Å²) in [4.78, 5) is 17.3. The standard InChI is InChI=1S/C15H12ClF3N2O2/c1-20-14(22)21(11-5-3-2-4-6-11)23-13-8-7-10(9-12(13)16)15(17,18)19/h2-9H,1H3,(H,20,22). The molecule has 0 bridgehead atoms. The SMILES string of the molecule is CNC(=O)N(Oc1ccc(C(F)(F)F)cc1Cl)c1ccccc1. The number of rotatable bonds is 3. The number of hydrogen-bond acceptors (Lipinski definition) is 2. The highest BCUT2D eigenvalue weighted by molar-refractivity contribution is 6.32. The maximum absolute atomic E-state index is 12.6. The molecule has 2 aromatic carbocycles. The Morgan fingerprint density at radius 3 is 2.35 bits per heavy atom. The Morgan fingerprint density at radius 1 is 1.17 bits per heavy atom. The number of halogens is 4. The smallest absolute Gasteiger partial charge is 0.369 e. The average Bonchev–Trinajstić information content (AvgIpc) is 2.53. The highest BCUT2D eigenvalue weighted by Crippen LogP contribution is 2.35. The van der Waals surface area contributed by atoms with Crippen LogP contribution in [0, 0.1) is 0 Å². The third-order valence-corrected chi connectivity index (χ3v) is 3.13. The molecule has 8 heteroatoms. The van der Waals surface area contributed by atoms with Crippen LogP contribution in [0.5, 0.6) is 5.75 Å². The van der Waals surface area contributed by atoms with Gasteiger partial charge in [0.2, 0.25) is 0 Å². The van der Waals surface area contributed by atoms with Crippen molar-refractivity contribution in [3.63, 3.8) is 0 Å². The first-order chi connectivity index (χ1) is 10.8. The monoisotopic (exact) mass is 344 g/mol. The molecule has 0 atom stereocenters. The molecular formula is C15H12ClF3N2O2. The summed E-state index contributed by atoms with van der Waals surface area (Å²) in [5, 5.41) is 3.02. The summed E-state index contributed by atoms with van der Waals surface area (Å²) in [7, 11) is 1.40. The molecule has 0 unspecified atom stereocenters. The first kappa shape index (κ1) is 17.0. The number of alkyl halides is 3. The van der Waals surface area contributed by atoms with E-state index < -0.39 is 17.8 Å². The number of carbonyl (C=O) groups excluding carboxylic acids is 1. The second-order valence-electron chi connectivity index (χ2n) is 4.42. The fourth-order valence-corrected chi connectivity index (χ4v) is 1.94. The van der Waals surface area contributed by atoms with Gasteiger partial charge in [-0.15, -0.1) is 5.06 Å². The molecule has 2 amide bonds. The number of carbonyl (C=O) groups is 1. The zero-order valence-electron chi connectivity index (χ0n) is 11.9. The molecule has 0 aliphatic heterocycles. The van der Waals surface area contributed by atoms with E-state index in [0.717, 1.165) is 23.3 Å². The van der Waals surface area contributed by atoms with Crippen LogP contribution in [-0.2, 0) is 6.18 Å². The summed E-state index contributed by atoms with van der Waals surface area (Å²) < 4.78 is 37.9. The first-order valence-electron chi connectivity index (χ1n) is 6.44. The summed E-state index contributed by atoms with van der Waals surface area (Å²) in [5.41, 5.74) is -0.510. The van der Waals surface area contributed by atoms with E-state index in [4.69, 9.17) is 16.4 Å². The Balaban J connectivity index is 2.32. The summed E-state index contributed by atoms with van der Waals surface area (Å²) in [6.45, 7) is 0. The molecule has 0 saturated carbocycles. The van der Waals surface area contributed by atoms with E-state index in [1.165, 1.54) is 7.05 Å². The number of benzene rings is 2. The van der Waals surface area contributed by atoms with Gasteiger partial charge in [0.15, 0.2) is 5.75 Å². The highest BCUT2D eigenvalue weighted by Gasteiger charge is 2.31. The number of hydroxylamine groups is 1. The van der Waals surface area contributed by atoms with Gasteiger partial charge >= 0.3 is 12.2 Å². The molecule has 1 N–H and O–H groups in total. The van der Waals surface area contributed by atoms with Crippen molar-refractivity contribution >= 4 is 23.3 Å². The Hall–Kier alpha value is -2.41. The van der Waals surface area contributed by atoms with Crippen molar-refractivity contribution in [1.29, 1.82) is 0 Å². The van der Waals surface area contributed by atoms with Crippen LogP contribution in [0.2, 0.25) is 5.02 Å². The molecule has 0 heterocycles. The van der Waals surface area contributed by atoms with Gasteiger partial charge in [-0.2, -0.15) is 13.2 Å². The summed E-state index contributed by atoms with van der Waals surface area (Å²) in [6, 6.07) is 10.3. The predicted molar refractivity (Wildman–Crippen MR) is 80.5 cm³/mol. The zero-order valence-corrected chi connectivity index (χ0v) is 12.7. The Kier molecular flexibility index (Phi) is 5.00. The minimum absolute atomic E-state index is 0.0767. The normalized spacial score (nSPS) is 11.0. The minimum atomic E-state index is -4.51. The minimum Gasteiger partial charge on any atom is -0.369 e. The molecule has 0 radical (unpaired) electrons. The van der Waals surface area contributed by atoms with Gasteiger partial charge in [-0.25, -0.2) is 4.79 Å². The van der Waals surface area contributed by atoms with E-state index in [9.17, 15) is 18.0 Å². The van der Waals surface area contributed by atoms with Crippen LogP contribution in [0.1, 0.15) is 5.56 Å². The number of amides is 2. The molecule has 0 aromatic heterocycles. The van der Waals surface area contributed by atoms with E-state index in [2.05, 4.69) is 5.32 Å². The van der Waals surface area contributed by atoms with Gasteiger partial charge in [0.25, 0.3) is 0 Å². The predicted octanol–water partition coefficient (Wildman–Crippen LogP) is 4.50. The molecule has 0 fully saturated rings. The van der Waals surface area contributed by atoms with Crippen molar-refractivity contribution in [2.45, 2.75) is 6.18 Å². The Morgan fingerprint density at radius 2 is 1.83 bits per heavy atom. The van der Waals surface area contributed by atoms with E-state index >= 15 is 0 Å². The Bertz CT molecular complexity index is 693. The lowest BCUT2D eigenvalue weighted by Crippen LogP contribution is -2.40. The van der Waals surface area contributed by atoms with Crippen LogP contribution in [0.4, 0.5) is 23.7 Å². The number of nitrogens with one attached hydrogen (secondary N) is 1. The lowest BCUT2D eigenvalue weighted by Gasteiger charge is -2.22. The molecule has 4 nitrogen and oxygen atoms in total. The summed E-state index contributed by atoms with van der Waals surface area (Å²) in [6.07, 6.45) is -4.51. The van der Waals surface area contributed by atoms with Crippen molar-refractivity contribution in [3.8, 4) is 5.75 Å². The molecule has 122 valence electrons. The molecule has 0 spiro atoms. The lowest BCUT2D eigenvalue weighted by atomic mass is 10.2. The summed E-state index contributed by atoms with van der Waals surface area (Å²) in [5.74, 6) is -0.0767. The van der Waals surface area contributed by atoms with Crippen LogP contribution in [-0.4, -0.2) is 13.1 Å². The van der Waals surface area contributed by atoms with Crippen LogP contribution >= 0.6 is 11.6 Å². The second kappa shape index (κ2) is 6.78. The number of urea groups is 1. The number of para-hydroxylation sites is 1. The largest absolute Gasteiger partial charge is 0.416 e. The van der Waals surface area contributed by atoms with Gasteiger partial charge in [0.05, 0.1) is 16.3 Å². The molecule has 2 rings (SSSR count). The second-order valence-corrected chi connectivity index (χ2v) is 4.83. The average molecular weight is 345 g/mol. The molecule has 0 saturated heterocycles. The topological polar surface area (TPSA) is 41.6 Å². The van der Waals surface area contributed by atoms with Crippen LogP contribution < -0.4 is 15.2 Å². The lowest BCUT2D eigenvalue weighted by molar-refractivity contribution is -0.137. The number of hydrogen-bond donors (Lipinski definition) is 1. The Labute approximate surface area is 135 Å². The van der Waals surface area contributed by atoms with Gasteiger partial charge in [-0.05, 0) is 30.3 Å². The maximum Gasteiger partial charge on any atom is 0.416 e. The summed E-state index contributed by atoms with van der Waals surface area (Å²) >= 11 is 5.83. The van der Waals surface area contributed by atoms with Gasteiger partial charge in [-0.3, -0.25) is 0 Å². The fourth-order valence-electron chi connectivity index (χ4n) is 1.73.